The summed E-state index contributed by atoms with van der Waals surface area (Å²) in [6, 6.07) is 2.63. The van der Waals surface area contributed by atoms with Gasteiger partial charge in [-0.1, -0.05) is 17.7 Å². The Kier molecular flexibility index (Phi) is 3.45. The number of rotatable bonds is 2. The van der Waals surface area contributed by atoms with Gasteiger partial charge >= 0.3 is 0 Å². The molecule has 0 fully saturated rings. The third-order valence-electron chi connectivity index (χ3n) is 2.74. The Morgan fingerprint density at radius 3 is 2.88 bits per heavy atom. The van der Waals surface area contributed by atoms with Crippen LogP contribution in [0, 0.1) is 11.2 Å². The van der Waals surface area contributed by atoms with Gasteiger partial charge in [0.25, 0.3) is 0 Å². The van der Waals surface area contributed by atoms with E-state index in [1.165, 1.54) is 12.1 Å². The van der Waals surface area contributed by atoms with Gasteiger partial charge in [0, 0.05) is 6.54 Å². The van der Waals surface area contributed by atoms with Crippen molar-refractivity contribution in [2.45, 2.75) is 6.42 Å². The van der Waals surface area contributed by atoms with E-state index < -0.39 is 5.82 Å². The average molecular weight is 254 g/mol. The molecule has 0 radical (unpaired) electrons. The molecular weight excluding hydrogens is 241 g/mol. The fourth-order valence-electron chi connectivity index (χ4n) is 1.82. The van der Waals surface area contributed by atoms with Crippen molar-refractivity contribution in [3.8, 4) is 0 Å². The second-order valence-corrected chi connectivity index (χ2v) is 4.29. The van der Waals surface area contributed by atoms with E-state index >= 15 is 0 Å². The number of benzene rings is 1. The Balaban J connectivity index is 2.43. The molecule has 1 aromatic carbocycles. The highest BCUT2D eigenvalue weighted by molar-refractivity contribution is 6.34. The summed E-state index contributed by atoms with van der Waals surface area (Å²) in [5.74, 6) is -0.511. The van der Waals surface area contributed by atoms with Crippen molar-refractivity contribution >= 4 is 23.0 Å². The van der Waals surface area contributed by atoms with Crippen molar-refractivity contribution in [3.05, 3.63) is 40.2 Å². The first-order chi connectivity index (χ1) is 8.11. The van der Waals surface area contributed by atoms with Gasteiger partial charge in [0.2, 0.25) is 0 Å². The maximum Gasteiger partial charge on any atom is 0.134 e. The summed E-state index contributed by atoms with van der Waals surface area (Å²) < 4.78 is 13.7. The highest BCUT2D eigenvalue weighted by Gasteiger charge is 2.18. The van der Waals surface area contributed by atoms with Gasteiger partial charge in [-0.15, -0.1) is 0 Å². The first kappa shape index (κ1) is 12.1. The molecule has 4 N–H and O–H groups in total. The topological polar surface area (TPSA) is 61.9 Å². The van der Waals surface area contributed by atoms with Crippen LogP contribution in [0.15, 0.2) is 23.8 Å². The first-order valence-electron chi connectivity index (χ1n) is 5.33. The predicted octanol–water partition coefficient (Wildman–Crippen LogP) is 2.35. The molecule has 0 aromatic heterocycles. The van der Waals surface area contributed by atoms with Crippen LogP contribution in [0.4, 0.5) is 10.1 Å². The largest absolute Gasteiger partial charge is 0.397 e. The molecule has 0 spiro atoms. The zero-order chi connectivity index (χ0) is 12.4. The Morgan fingerprint density at radius 2 is 2.24 bits per heavy atom. The molecule has 1 heterocycles. The van der Waals surface area contributed by atoms with Crippen molar-refractivity contribution in [1.82, 2.24) is 5.32 Å². The Labute approximate surface area is 104 Å². The monoisotopic (exact) mass is 253 g/mol. The summed E-state index contributed by atoms with van der Waals surface area (Å²) in [5, 5.41) is 11.4. The van der Waals surface area contributed by atoms with Crippen molar-refractivity contribution in [2.24, 2.45) is 0 Å². The van der Waals surface area contributed by atoms with E-state index in [0.29, 0.717) is 6.54 Å². The van der Waals surface area contributed by atoms with E-state index in [4.69, 9.17) is 22.7 Å². The van der Waals surface area contributed by atoms with Gasteiger partial charge < -0.3 is 11.1 Å². The number of nitrogens with one attached hydrogen (secondary N) is 2. The van der Waals surface area contributed by atoms with Crippen LogP contribution in [0.2, 0.25) is 5.02 Å². The fraction of sp³-hybridized carbons (Fsp3) is 0.250. The molecule has 1 aliphatic heterocycles. The van der Waals surface area contributed by atoms with Gasteiger partial charge in [-0.05, 0) is 30.7 Å². The van der Waals surface area contributed by atoms with Crippen molar-refractivity contribution in [3.63, 3.8) is 0 Å². The average Bonchev–Trinajstić information content (AvgIpc) is 2.35. The second kappa shape index (κ2) is 4.85. The zero-order valence-electron chi connectivity index (χ0n) is 9.19. The third kappa shape index (κ3) is 2.33. The molecular formula is C12H13ClFN3. The maximum absolute atomic E-state index is 13.7. The van der Waals surface area contributed by atoms with Crippen LogP contribution in [-0.4, -0.2) is 18.8 Å². The van der Waals surface area contributed by atoms with Gasteiger partial charge in [-0.25, -0.2) is 4.39 Å². The Bertz CT molecular complexity index is 497. The molecule has 0 bridgehead atoms. The lowest BCUT2D eigenvalue weighted by atomic mass is 9.98. The van der Waals surface area contributed by atoms with Crippen molar-refractivity contribution < 1.29 is 4.39 Å². The summed E-state index contributed by atoms with van der Waals surface area (Å²) in [6.45, 7) is 1.44. The van der Waals surface area contributed by atoms with Crippen molar-refractivity contribution in [2.75, 3.05) is 18.8 Å². The van der Waals surface area contributed by atoms with E-state index in [1.54, 1.807) is 0 Å². The summed E-state index contributed by atoms with van der Waals surface area (Å²) in [4.78, 5) is 0. The highest BCUT2D eigenvalue weighted by Crippen LogP contribution is 2.27. The molecule has 0 saturated carbocycles. The van der Waals surface area contributed by atoms with Crippen LogP contribution < -0.4 is 11.1 Å². The number of nitrogen functional groups attached to an aromatic ring is 1. The number of hydrogen-bond donors (Lipinski definition) is 3. The number of nitrogens with two attached hydrogens (primary N) is 1. The Hall–Kier alpha value is -1.39. The van der Waals surface area contributed by atoms with Crippen LogP contribution >= 0.6 is 11.6 Å². The molecule has 90 valence electrons. The molecule has 0 amide bonds. The summed E-state index contributed by atoms with van der Waals surface area (Å²) >= 11 is 5.85. The van der Waals surface area contributed by atoms with Crippen molar-refractivity contribution in [1.29, 1.82) is 5.41 Å². The SMILES string of the molecule is N=C(C1=CCCNC1)c1c(F)ccc(Cl)c1N. The van der Waals surface area contributed by atoms with Gasteiger partial charge in [0.05, 0.1) is 22.0 Å². The standard InChI is InChI=1S/C12H13ClFN3/c13-8-3-4-9(14)10(12(8)16)11(15)7-2-1-5-17-6-7/h2-4,15,17H,1,5-6,16H2. The summed E-state index contributed by atoms with van der Waals surface area (Å²) in [7, 11) is 0. The smallest absolute Gasteiger partial charge is 0.134 e. The van der Waals surface area contributed by atoms with Crippen LogP contribution in [0.25, 0.3) is 0 Å². The summed E-state index contributed by atoms with van der Waals surface area (Å²) in [6.07, 6.45) is 2.76. The molecule has 5 heteroatoms. The van der Waals surface area contributed by atoms with E-state index in [-0.39, 0.29) is 22.0 Å². The van der Waals surface area contributed by atoms with Crippen LogP contribution in [0.1, 0.15) is 12.0 Å². The molecule has 0 saturated heterocycles. The third-order valence-corrected chi connectivity index (χ3v) is 3.07. The number of hydrogen-bond acceptors (Lipinski definition) is 3. The lowest BCUT2D eigenvalue weighted by Crippen LogP contribution is -2.26. The molecule has 3 nitrogen and oxygen atoms in total. The fourth-order valence-corrected chi connectivity index (χ4v) is 1.97. The minimum absolute atomic E-state index is 0.0902. The van der Waals surface area contributed by atoms with Crippen LogP contribution in [0.5, 0.6) is 0 Å². The zero-order valence-corrected chi connectivity index (χ0v) is 9.94. The predicted molar refractivity (Wildman–Crippen MR) is 68.2 cm³/mol. The lowest BCUT2D eigenvalue weighted by Gasteiger charge is -2.17. The first-order valence-corrected chi connectivity index (χ1v) is 5.71. The quantitative estimate of drug-likeness (QED) is 0.560. The lowest BCUT2D eigenvalue weighted by molar-refractivity contribution is 0.625. The molecule has 2 rings (SSSR count). The highest BCUT2D eigenvalue weighted by atomic mass is 35.5. The van der Waals surface area contributed by atoms with Gasteiger partial charge in [0.1, 0.15) is 5.82 Å². The number of anilines is 1. The molecule has 1 aliphatic rings. The molecule has 0 unspecified atom stereocenters. The normalized spacial score (nSPS) is 15.5. The van der Waals surface area contributed by atoms with Crippen LogP contribution in [0.3, 0.4) is 0 Å². The Morgan fingerprint density at radius 1 is 1.47 bits per heavy atom. The summed E-state index contributed by atoms with van der Waals surface area (Å²) in [5.41, 5.74) is 6.81. The molecule has 1 aromatic rings. The number of halogens is 2. The van der Waals surface area contributed by atoms with E-state index in [1.807, 2.05) is 6.08 Å². The van der Waals surface area contributed by atoms with Crippen LogP contribution in [-0.2, 0) is 0 Å². The molecule has 0 aliphatic carbocycles. The minimum Gasteiger partial charge on any atom is -0.397 e. The van der Waals surface area contributed by atoms with Gasteiger partial charge in [-0.2, -0.15) is 0 Å². The molecule has 17 heavy (non-hydrogen) atoms. The van der Waals surface area contributed by atoms with Gasteiger partial charge in [-0.3, -0.25) is 5.41 Å². The van der Waals surface area contributed by atoms with E-state index in [0.717, 1.165) is 18.5 Å². The molecule has 0 atom stereocenters. The second-order valence-electron chi connectivity index (χ2n) is 3.89. The van der Waals surface area contributed by atoms with E-state index in [9.17, 15) is 4.39 Å². The van der Waals surface area contributed by atoms with E-state index in [2.05, 4.69) is 5.32 Å². The maximum atomic E-state index is 13.7. The minimum atomic E-state index is -0.511. The van der Waals surface area contributed by atoms with Gasteiger partial charge in [0.15, 0.2) is 0 Å².